The van der Waals surface area contributed by atoms with Gasteiger partial charge in [0.1, 0.15) is 6.10 Å². The highest BCUT2D eigenvalue weighted by Crippen LogP contribution is 2.41. The Labute approximate surface area is 120 Å². The summed E-state index contributed by atoms with van der Waals surface area (Å²) in [5.74, 6) is 0. The molecule has 0 radical (unpaired) electrons. The van der Waals surface area contributed by atoms with Crippen molar-refractivity contribution in [2.45, 2.75) is 25.0 Å². The molecule has 0 spiro atoms. The third kappa shape index (κ3) is 2.60. The number of hydrogen-bond donors (Lipinski definition) is 0. The minimum atomic E-state index is -0.0207. The van der Waals surface area contributed by atoms with Crippen molar-refractivity contribution >= 4 is 0 Å². The molecule has 1 heteroatoms. The zero-order valence-electron chi connectivity index (χ0n) is 11.5. The maximum absolute atomic E-state index is 6.32. The van der Waals surface area contributed by atoms with E-state index >= 15 is 0 Å². The molecule has 2 aromatic rings. The summed E-state index contributed by atoms with van der Waals surface area (Å²) in [4.78, 5) is 0. The Kier molecular flexibility index (Phi) is 3.83. The van der Waals surface area contributed by atoms with Crippen molar-refractivity contribution < 1.29 is 4.74 Å². The molecule has 20 heavy (non-hydrogen) atoms. The Morgan fingerprint density at radius 1 is 0.900 bits per heavy atom. The van der Waals surface area contributed by atoms with Crippen LogP contribution in [0.2, 0.25) is 0 Å². The molecule has 0 amide bonds. The topological polar surface area (TPSA) is 9.23 Å². The average molecular weight is 262 g/mol. The molecule has 1 saturated heterocycles. The molecule has 0 bridgehead atoms. The van der Waals surface area contributed by atoms with Crippen molar-refractivity contribution in [2.75, 3.05) is 0 Å². The molecule has 1 heterocycles. The van der Waals surface area contributed by atoms with Gasteiger partial charge in [-0.25, -0.2) is 0 Å². The van der Waals surface area contributed by atoms with Crippen LogP contribution >= 0.6 is 0 Å². The van der Waals surface area contributed by atoms with Crippen molar-refractivity contribution in [3.05, 3.63) is 89.7 Å². The Hall–Kier alpha value is -2.08. The third-order valence-corrected chi connectivity index (χ3v) is 3.79. The zero-order chi connectivity index (χ0) is 13.8. The lowest BCUT2D eigenvalue weighted by Gasteiger charge is -2.32. The van der Waals surface area contributed by atoms with Crippen LogP contribution < -0.4 is 0 Å². The van der Waals surface area contributed by atoms with E-state index in [2.05, 4.69) is 48.7 Å². The molecule has 1 aliphatic heterocycles. The van der Waals surface area contributed by atoms with E-state index < -0.39 is 0 Å². The standard InChI is InChI=1S/C19H18O/c1-2-15-13-14-18(16-9-5-3-6-10-16)20-19(15)17-11-7-4-8-12-17/h3-12,18-19H,1,13-14H2/t18-,19+/m0/s1. The predicted molar refractivity (Wildman–Crippen MR) is 81.3 cm³/mol. The van der Waals surface area contributed by atoms with Gasteiger partial charge >= 0.3 is 0 Å². The third-order valence-electron chi connectivity index (χ3n) is 3.79. The lowest BCUT2D eigenvalue weighted by molar-refractivity contribution is -0.0220. The van der Waals surface area contributed by atoms with Crippen LogP contribution in [0.1, 0.15) is 36.2 Å². The smallest absolute Gasteiger partial charge is 0.112 e. The second kappa shape index (κ2) is 5.92. The largest absolute Gasteiger partial charge is 0.361 e. The SMILES string of the molecule is C=C=C1CC[C@@H](c2ccccc2)O[C@H]1c1ccccc1. The number of benzene rings is 2. The maximum Gasteiger partial charge on any atom is 0.112 e. The zero-order valence-corrected chi connectivity index (χ0v) is 11.5. The molecular weight excluding hydrogens is 244 g/mol. The fraction of sp³-hybridized carbons (Fsp3) is 0.211. The van der Waals surface area contributed by atoms with Gasteiger partial charge in [-0.2, -0.15) is 0 Å². The molecule has 0 unspecified atom stereocenters. The molecule has 1 aliphatic rings. The lowest BCUT2D eigenvalue weighted by Crippen LogP contribution is -2.18. The van der Waals surface area contributed by atoms with Crippen LogP contribution in [-0.2, 0) is 4.74 Å². The van der Waals surface area contributed by atoms with Gasteiger partial charge in [-0.05, 0) is 24.0 Å². The van der Waals surface area contributed by atoms with Gasteiger partial charge in [0.25, 0.3) is 0 Å². The summed E-state index contributed by atoms with van der Waals surface area (Å²) >= 11 is 0. The molecule has 0 aliphatic carbocycles. The van der Waals surface area contributed by atoms with E-state index in [0.29, 0.717) is 0 Å². The Morgan fingerprint density at radius 3 is 2.10 bits per heavy atom. The molecule has 0 saturated carbocycles. The molecule has 0 N–H and O–H groups in total. The highest BCUT2D eigenvalue weighted by atomic mass is 16.5. The molecule has 2 atom stereocenters. The van der Waals surface area contributed by atoms with Crippen LogP contribution in [0.3, 0.4) is 0 Å². The van der Waals surface area contributed by atoms with Gasteiger partial charge in [0.05, 0.1) is 6.10 Å². The Balaban J connectivity index is 1.89. The molecule has 1 nitrogen and oxygen atoms in total. The summed E-state index contributed by atoms with van der Waals surface area (Å²) in [7, 11) is 0. The molecule has 3 rings (SSSR count). The minimum Gasteiger partial charge on any atom is -0.361 e. The van der Waals surface area contributed by atoms with Crippen molar-refractivity contribution in [1.82, 2.24) is 0 Å². The average Bonchev–Trinajstić information content (AvgIpc) is 2.56. The quantitative estimate of drug-likeness (QED) is 0.693. The normalized spacial score (nSPS) is 22.3. The molecule has 0 aromatic heterocycles. The maximum atomic E-state index is 6.32. The van der Waals surface area contributed by atoms with Crippen LogP contribution in [0.4, 0.5) is 0 Å². The number of ether oxygens (including phenoxy) is 1. The summed E-state index contributed by atoms with van der Waals surface area (Å²) < 4.78 is 6.32. The van der Waals surface area contributed by atoms with E-state index in [4.69, 9.17) is 4.74 Å². The highest BCUT2D eigenvalue weighted by molar-refractivity contribution is 5.28. The van der Waals surface area contributed by atoms with Gasteiger partial charge in [0.15, 0.2) is 0 Å². The highest BCUT2D eigenvalue weighted by Gasteiger charge is 2.28. The lowest BCUT2D eigenvalue weighted by atomic mass is 9.91. The first-order valence-corrected chi connectivity index (χ1v) is 7.02. The first kappa shape index (κ1) is 12.9. The molecular formula is C19H18O. The summed E-state index contributed by atoms with van der Waals surface area (Å²) in [6.07, 6.45) is 2.11. The van der Waals surface area contributed by atoms with E-state index in [0.717, 1.165) is 18.4 Å². The summed E-state index contributed by atoms with van der Waals surface area (Å²) in [6, 6.07) is 20.8. The fourth-order valence-electron chi connectivity index (χ4n) is 2.73. The van der Waals surface area contributed by atoms with Crippen molar-refractivity contribution in [1.29, 1.82) is 0 Å². The second-order valence-corrected chi connectivity index (χ2v) is 5.07. The summed E-state index contributed by atoms with van der Waals surface area (Å²) in [5.41, 5.74) is 6.65. The molecule has 1 fully saturated rings. The van der Waals surface area contributed by atoms with E-state index in [1.165, 1.54) is 11.1 Å². The van der Waals surface area contributed by atoms with E-state index in [9.17, 15) is 0 Å². The summed E-state index contributed by atoms with van der Waals surface area (Å²) in [6.45, 7) is 3.82. The van der Waals surface area contributed by atoms with E-state index in [1.54, 1.807) is 0 Å². The second-order valence-electron chi connectivity index (χ2n) is 5.07. The van der Waals surface area contributed by atoms with Crippen LogP contribution in [0.25, 0.3) is 0 Å². The summed E-state index contributed by atoms with van der Waals surface area (Å²) in [5, 5.41) is 0. The number of hydrogen-bond acceptors (Lipinski definition) is 1. The minimum absolute atomic E-state index is 0.0207. The van der Waals surface area contributed by atoms with Crippen molar-refractivity contribution in [3.63, 3.8) is 0 Å². The van der Waals surface area contributed by atoms with E-state index in [1.807, 2.05) is 24.3 Å². The Morgan fingerprint density at radius 2 is 1.50 bits per heavy atom. The Bertz CT molecular complexity index is 609. The molecule has 100 valence electrons. The van der Waals surface area contributed by atoms with Gasteiger partial charge in [-0.1, -0.05) is 67.2 Å². The number of rotatable bonds is 2. The van der Waals surface area contributed by atoms with Gasteiger partial charge in [-0.15, -0.1) is 5.73 Å². The van der Waals surface area contributed by atoms with Crippen LogP contribution in [0, 0.1) is 0 Å². The van der Waals surface area contributed by atoms with Crippen LogP contribution in [0.15, 0.2) is 78.5 Å². The first-order valence-electron chi connectivity index (χ1n) is 7.02. The van der Waals surface area contributed by atoms with Gasteiger partial charge in [-0.3, -0.25) is 0 Å². The fourth-order valence-corrected chi connectivity index (χ4v) is 2.73. The monoisotopic (exact) mass is 262 g/mol. The van der Waals surface area contributed by atoms with Gasteiger partial charge in [0, 0.05) is 5.57 Å². The van der Waals surface area contributed by atoms with E-state index in [-0.39, 0.29) is 12.2 Å². The molecule has 2 aromatic carbocycles. The first-order chi connectivity index (χ1) is 9.88. The van der Waals surface area contributed by atoms with Crippen molar-refractivity contribution in [3.8, 4) is 0 Å². The van der Waals surface area contributed by atoms with Crippen LogP contribution in [-0.4, -0.2) is 0 Å². The van der Waals surface area contributed by atoms with Gasteiger partial charge < -0.3 is 4.74 Å². The van der Waals surface area contributed by atoms with Gasteiger partial charge in [0.2, 0.25) is 0 Å². The van der Waals surface area contributed by atoms with Crippen LogP contribution in [0.5, 0.6) is 0 Å². The van der Waals surface area contributed by atoms with Crippen molar-refractivity contribution in [2.24, 2.45) is 0 Å². The predicted octanol–water partition coefficient (Wildman–Crippen LogP) is 4.99.